The summed E-state index contributed by atoms with van der Waals surface area (Å²) in [6.45, 7) is 6.54. The zero-order valence-corrected chi connectivity index (χ0v) is 60.6. The predicted octanol–water partition coefficient (Wildman–Crippen LogP) is 12.3. The summed E-state index contributed by atoms with van der Waals surface area (Å²) in [6, 6.07) is 17.9. The Kier molecular flexibility index (Phi) is 49.5. The molecule has 4 rings (SSSR count). The monoisotopic (exact) mass is 1340 g/mol. The summed E-state index contributed by atoms with van der Waals surface area (Å²) in [5.74, 6) is -0.0901. The number of amides is 2. The average molecular weight is 1350 g/mol. The van der Waals surface area contributed by atoms with E-state index in [9.17, 15) is 28.6 Å². The van der Waals surface area contributed by atoms with Gasteiger partial charge in [-0.3, -0.25) is 18.9 Å². The van der Waals surface area contributed by atoms with Gasteiger partial charge in [-0.05, 0) is 54.7 Å². The Morgan fingerprint density at radius 2 is 1.05 bits per heavy atom. The third kappa shape index (κ3) is 42.9. The summed E-state index contributed by atoms with van der Waals surface area (Å²) < 4.78 is 66.7. The van der Waals surface area contributed by atoms with E-state index in [0.717, 1.165) is 77.9 Å². The molecule has 20 nitrogen and oxygen atoms in total. The molecule has 0 spiro atoms. The van der Waals surface area contributed by atoms with Gasteiger partial charge in [-0.25, -0.2) is 14.8 Å². The Morgan fingerprint density at radius 3 is 1.63 bits per heavy atom. The van der Waals surface area contributed by atoms with E-state index < -0.39 is 45.2 Å². The van der Waals surface area contributed by atoms with Crippen molar-refractivity contribution in [3.05, 3.63) is 71.9 Å². The normalized spacial score (nSPS) is 12.7. The second-order valence-electron chi connectivity index (χ2n) is 24.1. The quantitative estimate of drug-likeness (QED) is 0.0175. The van der Waals surface area contributed by atoms with E-state index in [4.69, 9.17) is 51.9 Å². The molecule has 2 heterocycles. The van der Waals surface area contributed by atoms with Crippen molar-refractivity contribution in [3.8, 4) is 22.8 Å². The van der Waals surface area contributed by atoms with Gasteiger partial charge in [0.1, 0.15) is 44.5 Å². The van der Waals surface area contributed by atoms with E-state index in [-0.39, 0.29) is 94.4 Å². The van der Waals surface area contributed by atoms with E-state index in [0.29, 0.717) is 51.8 Å². The first-order chi connectivity index (χ1) is 45.4. The Hall–Kier alpha value is -4.47. The van der Waals surface area contributed by atoms with Gasteiger partial charge in [0.2, 0.25) is 11.8 Å². The van der Waals surface area contributed by atoms with Crippen molar-refractivity contribution < 1.29 is 105 Å². The minimum absolute atomic E-state index is 0. The second kappa shape index (κ2) is 55.5. The van der Waals surface area contributed by atoms with Crippen LogP contribution in [-0.4, -0.2) is 133 Å². The number of fused-ring (bicyclic) bond motifs is 1. The number of hydrogen-bond donors (Lipinski definition) is 2. The number of unbranched alkanes of at least 4 members (excludes halogenated alkanes) is 28. The van der Waals surface area contributed by atoms with Crippen LogP contribution in [0.5, 0.6) is 11.6 Å². The van der Waals surface area contributed by atoms with Gasteiger partial charge in [0.25, 0.3) is 7.82 Å². The third-order valence-electron chi connectivity index (χ3n) is 15.9. The number of phosphoric acid groups is 1. The van der Waals surface area contributed by atoms with Crippen molar-refractivity contribution in [2.24, 2.45) is 4.99 Å². The number of phosphoric ester groups is 1. The van der Waals surface area contributed by atoms with Crippen molar-refractivity contribution in [1.82, 2.24) is 15.6 Å². The third-order valence-corrected chi connectivity index (χ3v) is 16.8. The first-order valence-electron chi connectivity index (χ1n) is 35.3. The van der Waals surface area contributed by atoms with Gasteiger partial charge < -0.3 is 62.5 Å². The van der Waals surface area contributed by atoms with Crippen molar-refractivity contribution in [3.63, 3.8) is 0 Å². The van der Waals surface area contributed by atoms with E-state index in [2.05, 4.69) is 29.5 Å². The zero-order valence-electron chi connectivity index (χ0n) is 57.8. The van der Waals surface area contributed by atoms with E-state index in [1.807, 2.05) is 61.5 Å². The number of rotatable bonds is 59. The number of nitrogens with one attached hydrogen (secondary N) is 2. The van der Waals surface area contributed by atoms with Gasteiger partial charge in [0.15, 0.2) is 6.10 Å². The molecule has 2 amide bonds. The van der Waals surface area contributed by atoms with Crippen molar-refractivity contribution in [1.29, 1.82) is 0 Å². The summed E-state index contributed by atoms with van der Waals surface area (Å²) in [4.78, 5) is 71.9. The van der Waals surface area contributed by atoms with Crippen molar-refractivity contribution >= 4 is 43.2 Å². The molecule has 1 aromatic heterocycles. The molecule has 0 aliphatic carbocycles. The fourth-order valence-electron chi connectivity index (χ4n) is 10.5. The number of nitrogens with zero attached hydrogens (tertiary/aromatic N) is 2. The summed E-state index contributed by atoms with van der Waals surface area (Å²) >= 11 is 0. The molecule has 2 atom stereocenters. The number of carbonyl (C=O) groups is 4. The first kappa shape index (κ1) is 83.8. The molecule has 3 aromatic rings. The molecule has 0 saturated carbocycles. The van der Waals surface area contributed by atoms with Crippen LogP contribution >= 0.6 is 7.82 Å². The number of esters is 2. The first-order valence-corrected chi connectivity index (χ1v) is 36.8. The topological polar surface area (TPSA) is 250 Å². The van der Waals surface area contributed by atoms with Crippen LogP contribution in [0.15, 0.2) is 65.8 Å². The fourth-order valence-corrected chi connectivity index (χ4v) is 11.2. The molecule has 94 heavy (non-hydrogen) atoms. The molecular weight excluding hydrogens is 1230 g/mol. The Labute approximate surface area is 584 Å². The molecule has 0 saturated heterocycles. The fraction of sp³-hybridized carbons (Fsp3) is 0.694. The maximum absolute atomic E-state index is 12.9. The molecule has 0 radical (unpaired) electrons. The van der Waals surface area contributed by atoms with Crippen molar-refractivity contribution in [2.45, 2.75) is 232 Å². The van der Waals surface area contributed by atoms with E-state index in [1.54, 1.807) is 6.20 Å². The summed E-state index contributed by atoms with van der Waals surface area (Å²) in [6.07, 6.45) is 36.2. The number of ether oxygens (including phenoxy) is 8. The number of pyridine rings is 1. The second-order valence-corrected chi connectivity index (χ2v) is 25.5. The van der Waals surface area contributed by atoms with Crippen LogP contribution in [-0.2, 0) is 56.4 Å². The molecule has 2 aromatic carbocycles. The maximum atomic E-state index is 12.9. The van der Waals surface area contributed by atoms with Gasteiger partial charge in [-0.15, -0.1) is 0 Å². The van der Waals surface area contributed by atoms with Crippen LogP contribution in [0.2, 0.25) is 0 Å². The largest absolute Gasteiger partial charge is 1.00 e. The van der Waals surface area contributed by atoms with Crippen LogP contribution in [0.4, 0.5) is 10.5 Å². The zero-order chi connectivity index (χ0) is 66.5. The molecule has 2 unspecified atom stereocenters. The van der Waals surface area contributed by atoms with Crippen molar-refractivity contribution in [2.75, 3.05) is 92.4 Å². The molecule has 524 valence electrons. The Bertz CT molecular complexity index is 2530. The summed E-state index contributed by atoms with van der Waals surface area (Å²) in [5.41, 5.74) is 5.83. The molecular formula is C72H114N4NaO16P. The van der Waals surface area contributed by atoms with Crippen LogP contribution in [0.1, 0.15) is 230 Å². The number of aliphatic imine (C=N–C) groups is 1. The van der Waals surface area contributed by atoms with E-state index >= 15 is 0 Å². The van der Waals surface area contributed by atoms with Crippen LogP contribution in [0.3, 0.4) is 0 Å². The standard InChI is InChI=1S/C72H115N4O16P.Na/c1-4-6-8-10-12-14-16-18-20-22-24-26-28-30-32-34-70(78)89-56-64(92-71(79)35-33-31-29-27-25-23-21-19-17-15-13-11-9-7-5-2)57-91-93(81,82)90-47-45-74-72(80)87-53-51-85-59-68(77)73-44-46-83-48-49-84-50-52-86-69-43-41-63(55-75-69)61-37-39-62(40-38-61)66-58-88-67-42-36-60(3)54-65(67)76-66;/h36-43,54-55,64H,4-35,44-53,56-59H2,1-3H3,(H,73,77)(H,74,80)(H,81,82);/q;+1/p-1. The molecule has 1 aliphatic heterocycles. The summed E-state index contributed by atoms with van der Waals surface area (Å²) in [7, 11) is -4.94. The minimum atomic E-state index is -4.94. The summed E-state index contributed by atoms with van der Waals surface area (Å²) in [5, 5.41) is 5.04. The van der Waals surface area contributed by atoms with Crippen LogP contribution in [0.25, 0.3) is 11.1 Å². The molecule has 22 heteroatoms. The molecule has 0 fully saturated rings. The Balaban J connectivity index is 0.0000230. The molecule has 2 N–H and O–H groups in total. The number of aryl methyl sites for hydroxylation is 1. The Morgan fingerprint density at radius 1 is 0.543 bits per heavy atom. The van der Waals surface area contributed by atoms with E-state index in [1.165, 1.54) is 141 Å². The smallest absolute Gasteiger partial charge is 0.756 e. The van der Waals surface area contributed by atoms with Crippen LogP contribution < -0.4 is 54.6 Å². The SMILES string of the molecule is CCCCCCCCCCCCCCCCCC(=O)OCC(COP(=O)([O-])OCCNC(=O)OCCOCC(=O)NCCOCCOCCOc1ccc(-c2ccc(C3=Nc4cc(C)ccc4OC3)cc2)cn1)OC(=O)CCCCCCCCCCCCCCCCC.[Na+]. The maximum Gasteiger partial charge on any atom is 1.00 e. The van der Waals surface area contributed by atoms with Gasteiger partial charge in [0.05, 0.1) is 52.0 Å². The number of hydrogen-bond acceptors (Lipinski definition) is 18. The molecule has 0 bridgehead atoms. The average Bonchev–Trinajstić information content (AvgIpc) is 0.846. The number of benzene rings is 2. The van der Waals surface area contributed by atoms with Gasteiger partial charge in [-0.2, -0.15) is 0 Å². The van der Waals surface area contributed by atoms with Gasteiger partial charge in [0, 0.05) is 43.8 Å². The number of aromatic nitrogens is 1. The number of alkyl carbamates (subject to hydrolysis) is 1. The molecule has 1 aliphatic rings. The predicted molar refractivity (Wildman–Crippen MR) is 362 cm³/mol. The number of carbonyl (C=O) groups excluding carboxylic acids is 4. The van der Waals surface area contributed by atoms with Gasteiger partial charge >= 0.3 is 47.6 Å². The van der Waals surface area contributed by atoms with Gasteiger partial charge in [-0.1, -0.05) is 224 Å². The van der Waals surface area contributed by atoms with Crippen LogP contribution in [0, 0.1) is 6.92 Å². The minimum Gasteiger partial charge on any atom is -0.756 e.